The van der Waals surface area contributed by atoms with E-state index in [9.17, 15) is 8.42 Å². The molecule has 0 amide bonds. The van der Waals surface area contributed by atoms with Gasteiger partial charge in [-0.05, 0) is 54.7 Å². The smallest absolute Gasteiger partial charge is 0.270 e. The molecule has 9 heteroatoms. The van der Waals surface area contributed by atoms with Crippen LogP contribution >= 0.6 is 23.8 Å². The van der Waals surface area contributed by atoms with Gasteiger partial charge in [-0.2, -0.15) is 0 Å². The monoisotopic (exact) mass is 465 g/mol. The van der Waals surface area contributed by atoms with Crippen molar-refractivity contribution in [3.63, 3.8) is 0 Å². The van der Waals surface area contributed by atoms with Crippen molar-refractivity contribution < 1.29 is 12.8 Å². The van der Waals surface area contributed by atoms with Crippen molar-refractivity contribution in [3.8, 4) is 0 Å². The fourth-order valence-electron chi connectivity index (χ4n) is 4.20. The molecule has 0 radical (unpaired) electrons. The summed E-state index contributed by atoms with van der Waals surface area (Å²) in [4.78, 5) is 2.79. The Kier molecular flexibility index (Phi) is 5.94. The zero-order valence-electron chi connectivity index (χ0n) is 16.8. The molecule has 1 N–H and O–H groups in total. The van der Waals surface area contributed by atoms with Crippen molar-refractivity contribution in [1.29, 1.82) is 0 Å². The quantitative estimate of drug-likeness (QED) is 0.514. The first kappa shape index (κ1) is 21.4. The molecule has 0 bridgehead atoms. The van der Waals surface area contributed by atoms with Crippen molar-refractivity contribution in [2.45, 2.75) is 31.8 Å². The number of aromatic nitrogens is 1. The van der Waals surface area contributed by atoms with E-state index in [1.807, 2.05) is 4.57 Å². The van der Waals surface area contributed by atoms with Crippen molar-refractivity contribution in [1.82, 2.24) is 9.47 Å². The van der Waals surface area contributed by atoms with Gasteiger partial charge >= 0.3 is 0 Å². The van der Waals surface area contributed by atoms with E-state index in [4.69, 9.17) is 28.2 Å². The molecule has 1 saturated heterocycles. The van der Waals surface area contributed by atoms with Crippen LogP contribution in [0.4, 0.5) is 5.69 Å². The fourth-order valence-corrected chi connectivity index (χ4v) is 5.78. The number of anilines is 1. The van der Waals surface area contributed by atoms with Crippen LogP contribution in [-0.2, 0) is 16.7 Å². The number of nitrogens with one attached hydrogen (secondary N) is 1. The minimum atomic E-state index is -3.82. The zero-order chi connectivity index (χ0) is 21.5. The largest absolute Gasteiger partial charge is 0.429 e. The van der Waals surface area contributed by atoms with E-state index in [1.54, 1.807) is 36.4 Å². The normalized spacial score (nSPS) is 20.5. The summed E-state index contributed by atoms with van der Waals surface area (Å²) in [6.07, 6.45) is 1.23. The second-order valence-corrected chi connectivity index (χ2v) is 10.6. The standard InChI is InChI=1S/C21H24ClN3O3S2/c1-14-9-15(2)12-24(11-14)13-25-19-8-7-16(10-20(19)28-21(25)29)30(26,27)23-18-6-4-3-5-17(18)22/h3-8,10,14-15,23H,9,11-13H2,1-2H3/t14-,15-/m0/s1. The highest BCUT2D eigenvalue weighted by atomic mass is 35.5. The van der Waals surface area contributed by atoms with Gasteiger partial charge in [-0.25, -0.2) is 8.42 Å². The first-order chi connectivity index (χ1) is 14.2. The second-order valence-electron chi connectivity index (χ2n) is 8.13. The van der Waals surface area contributed by atoms with Gasteiger partial charge in [0.15, 0.2) is 5.58 Å². The number of sulfonamides is 1. The summed E-state index contributed by atoms with van der Waals surface area (Å²) in [6.45, 7) is 7.17. The average Bonchev–Trinajstić information content (AvgIpc) is 2.97. The van der Waals surface area contributed by atoms with E-state index in [0.717, 1.165) is 18.6 Å². The van der Waals surface area contributed by atoms with Gasteiger partial charge < -0.3 is 4.42 Å². The molecule has 0 aliphatic carbocycles. The van der Waals surface area contributed by atoms with E-state index < -0.39 is 10.0 Å². The minimum absolute atomic E-state index is 0.0889. The number of benzene rings is 2. The van der Waals surface area contributed by atoms with E-state index >= 15 is 0 Å². The molecule has 4 rings (SSSR count). The Morgan fingerprint density at radius 1 is 1.17 bits per heavy atom. The molecule has 1 aliphatic rings. The van der Waals surface area contributed by atoms with Crippen molar-refractivity contribution in [2.24, 2.45) is 11.8 Å². The summed E-state index contributed by atoms with van der Waals surface area (Å²) in [6, 6.07) is 11.5. The topological polar surface area (TPSA) is 67.5 Å². The number of likely N-dealkylation sites (tertiary alicyclic amines) is 1. The second kappa shape index (κ2) is 8.34. The average molecular weight is 466 g/mol. The van der Waals surface area contributed by atoms with Crippen molar-refractivity contribution in [3.05, 3.63) is 52.3 Å². The van der Waals surface area contributed by atoms with Crippen LogP contribution in [-0.4, -0.2) is 31.0 Å². The summed E-state index contributed by atoms with van der Waals surface area (Å²) in [5.74, 6) is 1.27. The number of para-hydroxylation sites is 1. The molecule has 0 unspecified atom stereocenters. The minimum Gasteiger partial charge on any atom is -0.429 e. The van der Waals surface area contributed by atoms with Gasteiger partial charge in [0.2, 0.25) is 0 Å². The Hall–Kier alpha value is -1.87. The number of hydrogen-bond acceptors (Lipinski definition) is 5. The van der Waals surface area contributed by atoms with Gasteiger partial charge in [-0.15, -0.1) is 0 Å². The molecular weight excluding hydrogens is 442 g/mol. The fraction of sp³-hybridized carbons (Fsp3) is 0.381. The maximum Gasteiger partial charge on any atom is 0.270 e. The van der Waals surface area contributed by atoms with E-state index in [2.05, 4.69) is 23.5 Å². The first-order valence-corrected chi connectivity index (χ1v) is 12.1. The van der Waals surface area contributed by atoms with Crippen LogP contribution in [0.1, 0.15) is 20.3 Å². The highest BCUT2D eigenvalue weighted by molar-refractivity contribution is 7.92. The lowest BCUT2D eigenvalue weighted by atomic mass is 9.92. The van der Waals surface area contributed by atoms with Crippen LogP contribution in [0.15, 0.2) is 51.8 Å². The maximum absolute atomic E-state index is 12.8. The van der Waals surface area contributed by atoms with Gasteiger partial charge in [0.05, 0.1) is 27.8 Å². The number of halogens is 1. The van der Waals surface area contributed by atoms with Gasteiger partial charge in [-0.1, -0.05) is 37.6 Å². The van der Waals surface area contributed by atoms with Crippen LogP contribution in [0.25, 0.3) is 11.1 Å². The van der Waals surface area contributed by atoms with Crippen LogP contribution in [0.5, 0.6) is 0 Å². The predicted molar refractivity (Wildman–Crippen MR) is 122 cm³/mol. The van der Waals surface area contributed by atoms with E-state index in [0.29, 0.717) is 39.6 Å². The third-order valence-electron chi connectivity index (χ3n) is 5.35. The maximum atomic E-state index is 12.8. The molecule has 0 spiro atoms. The number of fused-ring (bicyclic) bond motifs is 1. The van der Waals surface area contributed by atoms with Gasteiger partial charge in [0.1, 0.15) is 0 Å². The molecule has 1 fully saturated rings. The number of hydrogen-bond donors (Lipinski definition) is 1. The summed E-state index contributed by atoms with van der Waals surface area (Å²) in [7, 11) is -3.82. The molecule has 6 nitrogen and oxygen atoms in total. The molecule has 2 heterocycles. The summed E-state index contributed by atoms with van der Waals surface area (Å²) in [5.41, 5.74) is 1.55. The third-order valence-corrected chi connectivity index (χ3v) is 7.35. The van der Waals surface area contributed by atoms with E-state index in [1.165, 1.54) is 12.5 Å². The van der Waals surface area contributed by atoms with Gasteiger partial charge in [0.25, 0.3) is 14.9 Å². The number of rotatable bonds is 5. The molecular formula is C21H24ClN3O3S2. The Bertz CT molecular complexity index is 1230. The molecule has 1 aliphatic heterocycles. The lowest BCUT2D eigenvalue weighted by molar-refractivity contribution is 0.109. The molecule has 160 valence electrons. The Morgan fingerprint density at radius 2 is 1.87 bits per heavy atom. The first-order valence-electron chi connectivity index (χ1n) is 9.86. The molecule has 1 aromatic heterocycles. The number of oxazole rings is 1. The highest BCUT2D eigenvalue weighted by Crippen LogP contribution is 2.28. The van der Waals surface area contributed by atoms with Crippen LogP contribution in [0.2, 0.25) is 5.02 Å². The molecule has 30 heavy (non-hydrogen) atoms. The lowest BCUT2D eigenvalue weighted by Gasteiger charge is -2.34. The highest BCUT2D eigenvalue weighted by Gasteiger charge is 2.23. The Labute approximate surface area is 186 Å². The van der Waals surface area contributed by atoms with Gasteiger partial charge in [0, 0.05) is 19.2 Å². The third kappa shape index (κ3) is 4.42. The van der Waals surface area contributed by atoms with Crippen LogP contribution < -0.4 is 4.72 Å². The molecule has 2 aromatic carbocycles. The summed E-state index contributed by atoms with van der Waals surface area (Å²) in [5, 5.41) is 0.329. The Balaban J connectivity index is 1.63. The predicted octanol–water partition coefficient (Wildman–Crippen LogP) is 5.35. The van der Waals surface area contributed by atoms with Crippen molar-refractivity contribution in [2.75, 3.05) is 17.8 Å². The van der Waals surface area contributed by atoms with E-state index in [-0.39, 0.29) is 4.90 Å². The zero-order valence-corrected chi connectivity index (χ0v) is 19.2. The van der Waals surface area contributed by atoms with Gasteiger partial charge in [-0.3, -0.25) is 14.2 Å². The number of nitrogens with zero attached hydrogens (tertiary/aromatic N) is 2. The molecule has 0 saturated carbocycles. The molecule has 3 aromatic rings. The summed E-state index contributed by atoms with van der Waals surface area (Å²) < 4.78 is 35.8. The SMILES string of the molecule is C[C@H]1C[C@H](C)CN(Cn2c(=S)oc3cc(S(=O)(=O)Nc4ccccc4Cl)ccc32)C1. The van der Waals surface area contributed by atoms with Crippen LogP contribution in [0.3, 0.4) is 0 Å². The lowest BCUT2D eigenvalue weighted by Crippen LogP contribution is -2.39. The molecule has 2 atom stereocenters. The Morgan fingerprint density at radius 3 is 2.57 bits per heavy atom. The number of piperidine rings is 1. The summed E-state index contributed by atoms with van der Waals surface area (Å²) >= 11 is 11.5. The van der Waals surface area contributed by atoms with Crippen LogP contribution in [0, 0.1) is 16.7 Å². The van der Waals surface area contributed by atoms with Crippen molar-refractivity contribution >= 4 is 50.6 Å².